The normalized spacial score (nSPS) is 16.6. The highest BCUT2D eigenvalue weighted by molar-refractivity contribution is 6.03. The molecule has 0 saturated carbocycles. The molecule has 1 aliphatic heterocycles. The fourth-order valence-corrected chi connectivity index (χ4v) is 4.09. The molecule has 0 aromatic carbocycles. The third-order valence-corrected chi connectivity index (χ3v) is 5.69. The Balaban J connectivity index is 1.82. The maximum atomic E-state index is 5.65. The van der Waals surface area contributed by atoms with E-state index in [4.69, 9.17) is 19.4 Å². The lowest BCUT2D eigenvalue weighted by atomic mass is 9.98. The van der Waals surface area contributed by atoms with E-state index in [1.807, 2.05) is 24.5 Å². The van der Waals surface area contributed by atoms with Crippen molar-refractivity contribution in [2.75, 3.05) is 31.8 Å². The molecule has 8 nitrogen and oxygen atoms in total. The average molecular weight is 416 g/mol. The lowest BCUT2D eigenvalue weighted by Crippen LogP contribution is -2.44. The van der Waals surface area contributed by atoms with Crippen LogP contribution in [-0.4, -0.2) is 58.1 Å². The minimum atomic E-state index is 0.225. The van der Waals surface area contributed by atoms with E-state index in [1.165, 1.54) is 0 Å². The van der Waals surface area contributed by atoms with Crippen molar-refractivity contribution in [1.29, 1.82) is 0 Å². The Kier molecular flexibility index (Phi) is 4.99. The lowest BCUT2D eigenvalue weighted by molar-refractivity contribution is 0.0986. The number of ether oxygens (including phenoxy) is 2. The molecule has 158 valence electrons. The van der Waals surface area contributed by atoms with E-state index in [9.17, 15) is 0 Å². The molecule has 0 radical (unpaired) electrons. The molecule has 1 fully saturated rings. The molecular weight excluding hydrogens is 392 g/mol. The zero-order valence-corrected chi connectivity index (χ0v) is 17.8. The van der Waals surface area contributed by atoms with Crippen LogP contribution in [0.1, 0.15) is 12.5 Å². The Morgan fingerprint density at radius 1 is 1.23 bits per heavy atom. The van der Waals surface area contributed by atoms with Crippen molar-refractivity contribution in [2.45, 2.75) is 19.9 Å². The Hall–Kier alpha value is -3.52. The number of nitrogens with zero attached hydrogens (tertiary/aromatic N) is 5. The minimum Gasteiger partial charge on any atom is -0.495 e. The molecule has 4 aromatic heterocycles. The van der Waals surface area contributed by atoms with Crippen molar-refractivity contribution >= 4 is 16.7 Å². The number of pyridine rings is 3. The van der Waals surface area contributed by atoms with E-state index in [0.29, 0.717) is 19.0 Å². The van der Waals surface area contributed by atoms with Gasteiger partial charge in [0.25, 0.3) is 0 Å². The van der Waals surface area contributed by atoms with Crippen LogP contribution in [-0.2, 0) is 4.74 Å². The predicted octanol–water partition coefficient (Wildman–Crippen LogP) is 3.62. The van der Waals surface area contributed by atoms with E-state index in [-0.39, 0.29) is 6.04 Å². The summed E-state index contributed by atoms with van der Waals surface area (Å²) in [4.78, 5) is 16.5. The number of hydrogen-bond acceptors (Lipinski definition) is 7. The van der Waals surface area contributed by atoms with Gasteiger partial charge < -0.3 is 14.4 Å². The summed E-state index contributed by atoms with van der Waals surface area (Å²) in [5, 5.41) is 8.18. The molecule has 0 aliphatic carbocycles. The number of aromatic amines is 1. The van der Waals surface area contributed by atoms with Crippen molar-refractivity contribution in [3.05, 3.63) is 48.5 Å². The second kappa shape index (κ2) is 7.96. The van der Waals surface area contributed by atoms with Crippen LogP contribution in [0.15, 0.2) is 43.0 Å². The van der Waals surface area contributed by atoms with E-state index in [1.54, 1.807) is 19.5 Å². The van der Waals surface area contributed by atoms with Gasteiger partial charge in [-0.1, -0.05) is 0 Å². The molecule has 8 heteroatoms. The minimum absolute atomic E-state index is 0.225. The second-order valence-electron chi connectivity index (χ2n) is 7.74. The van der Waals surface area contributed by atoms with Gasteiger partial charge in [0.2, 0.25) is 0 Å². The van der Waals surface area contributed by atoms with Crippen LogP contribution >= 0.6 is 0 Å². The summed E-state index contributed by atoms with van der Waals surface area (Å²) in [6.45, 7) is 6.35. The second-order valence-corrected chi connectivity index (χ2v) is 7.74. The summed E-state index contributed by atoms with van der Waals surface area (Å²) >= 11 is 0. The van der Waals surface area contributed by atoms with Crippen LogP contribution in [0.25, 0.3) is 33.4 Å². The first kappa shape index (κ1) is 19.4. The third-order valence-electron chi connectivity index (χ3n) is 5.69. The van der Waals surface area contributed by atoms with E-state index >= 15 is 0 Å². The van der Waals surface area contributed by atoms with Gasteiger partial charge in [-0.15, -0.1) is 0 Å². The summed E-state index contributed by atoms with van der Waals surface area (Å²) in [5.41, 5.74) is 5.50. The van der Waals surface area contributed by atoms with Crippen LogP contribution in [0, 0.1) is 6.92 Å². The molecule has 31 heavy (non-hydrogen) atoms. The quantitative estimate of drug-likeness (QED) is 0.543. The Bertz CT molecular complexity index is 1220. The number of anilines is 1. The number of H-pyrrole nitrogens is 1. The topological polar surface area (TPSA) is 89.0 Å². The molecule has 0 bridgehead atoms. The molecule has 1 saturated heterocycles. The molecule has 0 spiro atoms. The summed E-state index contributed by atoms with van der Waals surface area (Å²) in [7, 11) is 1.65. The Labute approximate surface area is 180 Å². The molecule has 0 amide bonds. The van der Waals surface area contributed by atoms with Gasteiger partial charge in [-0.25, -0.2) is 4.98 Å². The number of hydrogen-bond donors (Lipinski definition) is 1. The van der Waals surface area contributed by atoms with Gasteiger partial charge >= 0.3 is 0 Å². The SMILES string of the molecule is COc1cncc(-c2cc(N3CCOCC3C)nc3c(-c4ccn[nH]4)ncc(C)c23)c1. The fourth-order valence-electron chi connectivity index (χ4n) is 4.09. The summed E-state index contributed by atoms with van der Waals surface area (Å²) in [5.74, 6) is 1.61. The first-order chi connectivity index (χ1) is 15.2. The average Bonchev–Trinajstić information content (AvgIpc) is 3.33. The molecule has 5 heterocycles. The first-order valence-corrected chi connectivity index (χ1v) is 10.3. The Morgan fingerprint density at radius 2 is 2.13 bits per heavy atom. The van der Waals surface area contributed by atoms with Crippen LogP contribution in [0.2, 0.25) is 0 Å². The smallest absolute Gasteiger partial charge is 0.137 e. The van der Waals surface area contributed by atoms with Crippen molar-refractivity contribution in [1.82, 2.24) is 25.1 Å². The molecule has 4 aromatic rings. The summed E-state index contributed by atoms with van der Waals surface area (Å²) in [6.07, 6.45) is 7.18. The summed E-state index contributed by atoms with van der Waals surface area (Å²) < 4.78 is 11.1. The molecule has 1 unspecified atom stereocenters. The lowest BCUT2D eigenvalue weighted by Gasteiger charge is -2.34. The van der Waals surface area contributed by atoms with Gasteiger partial charge in [-0.05, 0) is 43.2 Å². The van der Waals surface area contributed by atoms with Crippen molar-refractivity contribution in [3.63, 3.8) is 0 Å². The van der Waals surface area contributed by atoms with E-state index in [2.05, 4.69) is 40.0 Å². The van der Waals surface area contributed by atoms with Gasteiger partial charge in [0.15, 0.2) is 0 Å². The van der Waals surface area contributed by atoms with Gasteiger partial charge in [0, 0.05) is 36.1 Å². The van der Waals surface area contributed by atoms with Gasteiger partial charge in [0.1, 0.15) is 22.8 Å². The van der Waals surface area contributed by atoms with Gasteiger partial charge in [0.05, 0.1) is 38.3 Å². The number of nitrogens with one attached hydrogen (secondary N) is 1. The van der Waals surface area contributed by atoms with Crippen LogP contribution in [0.5, 0.6) is 5.75 Å². The first-order valence-electron chi connectivity index (χ1n) is 10.3. The number of morpholine rings is 1. The molecule has 1 atom stereocenters. The molecule has 5 rings (SSSR count). The monoisotopic (exact) mass is 416 g/mol. The fraction of sp³-hybridized carbons (Fsp3) is 0.304. The number of methoxy groups -OCH3 is 1. The maximum Gasteiger partial charge on any atom is 0.137 e. The maximum absolute atomic E-state index is 5.65. The number of fused-ring (bicyclic) bond motifs is 1. The molecule has 1 N–H and O–H groups in total. The molecule has 1 aliphatic rings. The van der Waals surface area contributed by atoms with Crippen molar-refractivity contribution in [2.24, 2.45) is 0 Å². The van der Waals surface area contributed by atoms with Crippen molar-refractivity contribution in [3.8, 4) is 28.3 Å². The van der Waals surface area contributed by atoms with E-state index < -0.39 is 0 Å². The highest BCUT2D eigenvalue weighted by atomic mass is 16.5. The van der Waals surface area contributed by atoms with E-state index in [0.717, 1.165) is 51.3 Å². The Morgan fingerprint density at radius 3 is 2.90 bits per heavy atom. The van der Waals surface area contributed by atoms with Crippen LogP contribution < -0.4 is 9.64 Å². The number of rotatable bonds is 4. The van der Waals surface area contributed by atoms with Gasteiger partial charge in [-0.2, -0.15) is 5.10 Å². The highest BCUT2D eigenvalue weighted by Gasteiger charge is 2.24. The molecular formula is C23H24N6O2. The van der Waals surface area contributed by atoms with Crippen molar-refractivity contribution < 1.29 is 9.47 Å². The largest absolute Gasteiger partial charge is 0.495 e. The highest BCUT2D eigenvalue weighted by Crippen LogP contribution is 2.37. The zero-order valence-electron chi connectivity index (χ0n) is 17.8. The number of aryl methyl sites for hydroxylation is 1. The van der Waals surface area contributed by atoms with Crippen LogP contribution in [0.3, 0.4) is 0 Å². The van der Waals surface area contributed by atoms with Crippen LogP contribution in [0.4, 0.5) is 5.82 Å². The third kappa shape index (κ3) is 3.48. The zero-order chi connectivity index (χ0) is 21.4. The van der Waals surface area contributed by atoms with Gasteiger partial charge in [-0.3, -0.25) is 15.1 Å². The summed E-state index contributed by atoms with van der Waals surface area (Å²) in [6, 6.07) is 6.28. The predicted molar refractivity (Wildman–Crippen MR) is 119 cm³/mol. The standard InChI is InChI=1S/C23H24N6O2/c1-14-10-25-22(19-4-5-26-28-19)23-21(14)18(16-8-17(30-3)12-24-11-16)9-20(27-23)29-6-7-31-13-15(29)2/h4-5,8-12,15H,6-7,13H2,1-3H3,(H,26,28). The number of aromatic nitrogens is 5.